The molecule has 1 fully saturated rings. The number of carbonyl (C=O) groups is 2. The molecular weight excluding hydrogens is 296 g/mol. The first-order chi connectivity index (χ1) is 10.3. The van der Waals surface area contributed by atoms with Gasteiger partial charge in [0.1, 0.15) is 0 Å². The van der Waals surface area contributed by atoms with Crippen LogP contribution < -0.4 is 0 Å². The maximum atomic E-state index is 11.9. The van der Waals surface area contributed by atoms with Crippen LogP contribution in [-0.2, 0) is 18.4 Å². The van der Waals surface area contributed by atoms with Crippen LogP contribution in [0.5, 0.6) is 0 Å². The molecule has 0 heterocycles. The minimum atomic E-state index is -3.09. The quantitative estimate of drug-likeness (QED) is 0.518. The minimum absolute atomic E-state index is 0.257. The van der Waals surface area contributed by atoms with E-state index < -0.39 is 20.5 Å². The molecule has 22 heavy (non-hydrogen) atoms. The molecule has 0 radical (unpaired) electrons. The Labute approximate surface area is 134 Å². The van der Waals surface area contributed by atoms with Crippen LogP contribution in [0.3, 0.4) is 0 Å². The van der Waals surface area contributed by atoms with Crippen LogP contribution in [0.2, 0.25) is 11.1 Å². The third-order valence-corrected chi connectivity index (χ3v) is 9.17. The van der Waals surface area contributed by atoms with Gasteiger partial charge in [0, 0.05) is 23.2 Å². The standard InChI is InChI=1S/C17H28O4Si/c1-6-15(18)20-22(13-14(3)4,21-16(19)7-2)17(5)11-9-8-10-12-17/h6-7,14H,1-2,8-13H2,3-5H3. The fraction of sp³-hybridized carbons (Fsp3) is 0.647. The molecule has 0 N–H and O–H groups in total. The van der Waals surface area contributed by atoms with Crippen molar-refractivity contribution in [3.63, 3.8) is 0 Å². The summed E-state index contributed by atoms with van der Waals surface area (Å²) in [7, 11) is -3.09. The van der Waals surface area contributed by atoms with Crippen molar-refractivity contribution in [2.75, 3.05) is 0 Å². The topological polar surface area (TPSA) is 52.6 Å². The highest BCUT2D eigenvalue weighted by Gasteiger charge is 2.60. The molecule has 0 atom stereocenters. The van der Waals surface area contributed by atoms with Crippen LogP contribution in [0.1, 0.15) is 52.9 Å². The molecule has 0 aromatic carbocycles. The summed E-state index contributed by atoms with van der Waals surface area (Å²) in [6.45, 7) is 13.2. The van der Waals surface area contributed by atoms with Crippen LogP contribution in [0.4, 0.5) is 0 Å². The first kappa shape index (κ1) is 18.7. The van der Waals surface area contributed by atoms with Gasteiger partial charge in [0.2, 0.25) is 0 Å². The summed E-state index contributed by atoms with van der Waals surface area (Å²) < 4.78 is 11.6. The summed E-state index contributed by atoms with van der Waals surface area (Å²) in [6, 6.07) is 0.600. The van der Waals surface area contributed by atoms with Crippen LogP contribution in [0, 0.1) is 5.92 Å². The molecule has 1 aliphatic rings. The van der Waals surface area contributed by atoms with Gasteiger partial charge in [-0.15, -0.1) is 0 Å². The fourth-order valence-electron chi connectivity index (χ4n) is 3.26. The van der Waals surface area contributed by atoms with E-state index in [2.05, 4.69) is 33.9 Å². The van der Waals surface area contributed by atoms with Gasteiger partial charge in [-0.25, -0.2) is 9.59 Å². The molecule has 0 aliphatic heterocycles. The third kappa shape index (κ3) is 4.32. The third-order valence-electron chi connectivity index (χ3n) is 4.42. The number of carbonyl (C=O) groups excluding carboxylic acids is 2. The molecule has 124 valence electrons. The van der Waals surface area contributed by atoms with Gasteiger partial charge < -0.3 is 8.85 Å². The SMILES string of the molecule is C=CC(=O)O[Si](CC(C)C)(OC(=O)C=C)C1(C)CCCCC1. The highest BCUT2D eigenvalue weighted by molar-refractivity contribution is 6.73. The van der Waals surface area contributed by atoms with Crippen molar-refractivity contribution in [1.82, 2.24) is 0 Å². The second kappa shape index (κ2) is 7.77. The van der Waals surface area contributed by atoms with E-state index in [1.165, 1.54) is 6.42 Å². The van der Waals surface area contributed by atoms with Gasteiger partial charge >= 0.3 is 20.5 Å². The van der Waals surface area contributed by atoms with E-state index in [9.17, 15) is 9.59 Å². The van der Waals surface area contributed by atoms with E-state index in [0.717, 1.165) is 37.8 Å². The highest BCUT2D eigenvalue weighted by Crippen LogP contribution is 2.53. The molecule has 0 spiro atoms. The first-order valence-electron chi connectivity index (χ1n) is 7.99. The smallest absolute Gasteiger partial charge is 0.471 e. The maximum Gasteiger partial charge on any atom is 0.471 e. The number of rotatable bonds is 7. The highest BCUT2D eigenvalue weighted by atomic mass is 28.4. The van der Waals surface area contributed by atoms with E-state index in [4.69, 9.17) is 8.85 Å². The van der Waals surface area contributed by atoms with E-state index in [1.54, 1.807) is 0 Å². The fourth-order valence-corrected chi connectivity index (χ4v) is 7.46. The Morgan fingerprint density at radius 3 is 1.91 bits per heavy atom. The summed E-state index contributed by atoms with van der Waals surface area (Å²) in [6.07, 6.45) is 7.45. The molecule has 1 saturated carbocycles. The molecular formula is C17H28O4Si. The average molecular weight is 324 g/mol. The van der Waals surface area contributed by atoms with Crippen LogP contribution in [0.15, 0.2) is 25.3 Å². The Morgan fingerprint density at radius 1 is 1.09 bits per heavy atom. The van der Waals surface area contributed by atoms with E-state index in [0.29, 0.717) is 6.04 Å². The summed E-state index contributed by atoms with van der Waals surface area (Å²) >= 11 is 0. The van der Waals surface area contributed by atoms with Gasteiger partial charge in [0.25, 0.3) is 0 Å². The monoisotopic (exact) mass is 324 g/mol. The Morgan fingerprint density at radius 2 is 1.55 bits per heavy atom. The van der Waals surface area contributed by atoms with Crippen molar-refractivity contribution in [2.24, 2.45) is 5.92 Å². The molecule has 5 heteroatoms. The molecule has 0 amide bonds. The van der Waals surface area contributed by atoms with Crippen molar-refractivity contribution >= 4 is 20.5 Å². The minimum Gasteiger partial charge on any atom is -0.481 e. The van der Waals surface area contributed by atoms with Crippen molar-refractivity contribution in [1.29, 1.82) is 0 Å². The van der Waals surface area contributed by atoms with Gasteiger partial charge in [0.05, 0.1) is 0 Å². The lowest BCUT2D eigenvalue weighted by molar-refractivity contribution is -0.137. The van der Waals surface area contributed by atoms with Gasteiger partial charge in [-0.05, 0) is 18.8 Å². The lowest BCUT2D eigenvalue weighted by Gasteiger charge is -2.46. The normalized spacial score (nSPS) is 17.6. The van der Waals surface area contributed by atoms with E-state index >= 15 is 0 Å². The maximum absolute atomic E-state index is 11.9. The van der Waals surface area contributed by atoms with Crippen LogP contribution in [0.25, 0.3) is 0 Å². The lowest BCUT2D eigenvalue weighted by atomic mass is 9.90. The molecule has 1 aliphatic carbocycles. The van der Waals surface area contributed by atoms with Crippen molar-refractivity contribution < 1.29 is 18.4 Å². The predicted molar refractivity (Wildman–Crippen MR) is 89.4 cm³/mol. The Kier molecular flexibility index (Phi) is 6.60. The molecule has 0 unspecified atom stereocenters. The summed E-state index contributed by atoms with van der Waals surface area (Å²) in [5, 5.41) is -0.257. The zero-order valence-corrected chi connectivity index (χ0v) is 15.0. The van der Waals surface area contributed by atoms with Gasteiger partial charge in [-0.2, -0.15) is 0 Å². The molecule has 4 nitrogen and oxygen atoms in total. The summed E-state index contributed by atoms with van der Waals surface area (Å²) in [5.41, 5.74) is 0. The van der Waals surface area contributed by atoms with E-state index in [-0.39, 0.29) is 11.0 Å². The second-order valence-corrected chi connectivity index (χ2v) is 10.3. The van der Waals surface area contributed by atoms with Gasteiger partial charge in [-0.1, -0.05) is 53.2 Å². The van der Waals surface area contributed by atoms with Gasteiger partial charge in [0.15, 0.2) is 0 Å². The molecule has 0 aromatic rings. The van der Waals surface area contributed by atoms with Crippen LogP contribution >= 0.6 is 0 Å². The molecule has 0 bridgehead atoms. The Balaban J connectivity index is 3.26. The van der Waals surface area contributed by atoms with Crippen molar-refractivity contribution in [3.05, 3.63) is 25.3 Å². The average Bonchev–Trinajstić information content (AvgIpc) is 2.46. The first-order valence-corrected chi connectivity index (χ1v) is 10.0. The largest absolute Gasteiger partial charge is 0.481 e. The molecule has 0 aromatic heterocycles. The number of hydrogen-bond acceptors (Lipinski definition) is 4. The second-order valence-electron chi connectivity index (χ2n) is 6.72. The zero-order valence-electron chi connectivity index (χ0n) is 14.0. The van der Waals surface area contributed by atoms with Crippen LogP contribution in [-0.4, -0.2) is 20.5 Å². The van der Waals surface area contributed by atoms with Crippen molar-refractivity contribution in [2.45, 2.75) is 64.0 Å². The summed E-state index contributed by atoms with van der Waals surface area (Å²) in [4.78, 5) is 23.9. The Hall–Kier alpha value is -1.36. The van der Waals surface area contributed by atoms with E-state index in [1.807, 2.05) is 0 Å². The number of hydrogen-bond donors (Lipinski definition) is 0. The Bertz CT molecular complexity index is 414. The van der Waals surface area contributed by atoms with Crippen molar-refractivity contribution in [3.8, 4) is 0 Å². The lowest BCUT2D eigenvalue weighted by Crippen LogP contribution is -2.56. The van der Waals surface area contributed by atoms with Gasteiger partial charge in [-0.3, -0.25) is 0 Å². The summed E-state index contributed by atoms with van der Waals surface area (Å²) in [5.74, 6) is -0.743. The predicted octanol–water partition coefficient (Wildman–Crippen LogP) is 4.27. The zero-order chi connectivity index (χ0) is 16.8. The molecule has 1 rings (SSSR count). The molecule has 0 saturated heterocycles.